The van der Waals surface area contributed by atoms with Gasteiger partial charge in [-0.05, 0) is 30.2 Å². The molecule has 32 heavy (non-hydrogen) atoms. The fraction of sp³-hybridized carbons (Fsp3) is 0.320. The molecule has 0 fully saturated rings. The zero-order chi connectivity index (χ0) is 22.9. The highest BCUT2D eigenvalue weighted by molar-refractivity contribution is 7.99. The molecule has 0 amide bonds. The van der Waals surface area contributed by atoms with Crippen molar-refractivity contribution in [2.75, 3.05) is 24.3 Å². The van der Waals surface area contributed by atoms with E-state index in [9.17, 15) is 14.7 Å². The number of allylic oxidation sites excluding steroid dienone is 2. The number of carbonyl (C=O) groups excluding carboxylic acids is 1. The van der Waals surface area contributed by atoms with Crippen molar-refractivity contribution in [2.24, 2.45) is 0 Å². The molecular weight excluding hydrogens is 422 g/mol. The third-order valence-corrected chi connectivity index (χ3v) is 6.95. The summed E-state index contributed by atoms with van der Waals surface area (Å²) >= 11 is 1.26. The maximum atomic E-state index is 13.0. The molecule has 1 aromatic heterocycles. The molecule has 4 rings (SSSR count). The number of aliphatic hydroxyl groups is 1. The van der Waals surface area contributed by atoms with Gasteiger partial charge in [-0.15, -0.1) is 0 Å². The van der Waals surface area contributed by atoms with E-state index < -0.39 is 0 Å². The van der Waals surface area contributed by atoms with Gasteiger partial charge in [0.2, 0.25) is 0 Å². The number of nitrogens with zero attached hydrogens (tertiary/aromatic N) is 3. The van der Waals surface area contributed by atoms with Crippen molar-refractivity contribution in [3.8, 4) is 0 Å². The Morgan fingerprint density at radius 3 is 2.62 bits per heavy atom. The Morgan fingerprint density at radius 1 is 1.16 bits per heavy atom. The summed E-state index contributed by atoms with van der Waals surface area (Å²) in [6, 6.07) is 15.4. The summed E-state index contributed by atoms with van der Waals surface area (Å²) in [7, 11) is 1.98. The Morgan fingerprint density at radius 2 is 1.88 bits per heavy atom. The molecule has 0 unspecified atom stereocenters. The van der Waals surface area contributed by atoms with Crippen LogP contribution in [0.5, 0.6) is 0 Å². The van der Waals surface area contributed by atoms with Crippen LogP contribution < -0.4 is 10.5 Å². The van der Waals surface area contributed by atoms with E-state index in [1.165, 1.54) is 17.3 Å². The van der Waals surface area contributed by atoms with Gasteiger partial charge in [0, 0.05) is 43.1 Å². The monoisotopic (exact) mass is 449 g/mol. The Bertz CT molecular complexity index is 1260. The normalized spacial score (nSPS) is 16.0. The number of hydrogen-bond donors (Lipinski definition) is 1. The molecule has 0 radical (unpaired) electrons. The van der Waals surface area contributed by atoms with Crippen LogP contribution in [0.2, 0.25) is 0 Å². The zero-order valence-corrected chi connectivity index (χ0v) is 19.4. The van der Waals surface area contributed by atoms with E-state index in [4.69, 9.17) is 0 Å². The van der Waals surface area contributed by atoms with E-state index in [0.717, 1.165) is 11.4 Å². The molecule has 0 bridgehead atoms. The summed E-state index contributed by atoms with van der Waals surface area (Å²) in [6.07, 6.45) is 2.16. The molecule has 3 aromatic rings. The minimum absolute atomic E-state index is 0.0175. The van der Waals surface area contributed by atoms with Crippen LogP contribution in [0.3, 0.4) is 0 Å². The van der Waals surface area contributed by atoms with Gasteiger partial charge in [0.15, 0.2) is 10.9 Å². The number of aliphatic hydroxyl groups excluding tert-OH is 1. The number of hydrogen-bond acceptors (Lipinski definition) is 6. The van der Waals surface area contributed by atoms with Crippen molar-refractivity contribution in [3.63, 3.8) is 0 Å². The lowest BCUT2D eigenvalue weighted by molar-refractivity contribution is -0.112. The van der Waals surface area contributed by atoms with Crippen LogP contribution in [-0.4, -0.2) is 39.8 Å². The van der Waals surface area contributed by atoms with Gasteiger partial charge in [0.05, 0.1) is 16.7 Å². The average molecular weight is 450 g/mol. The Balaban J connectivity index is 1.60. The van der Waals surface area contributed by atoms with Crippen LogP contribution in [0.1, 0.15) is 25.8 Å². The number of anilines is 1. The molecule has 1 aliphatic rings. The molecule has 0 aliphatic carbocycles. The number of benzene rings is 2. The van der Waals surface area contributed by atoms with Gasteiger partial charge in [-0.3, -0.25) is 14.2 Å². The predicted octanol–water partition coefficient (Wildman–Crippen LogP) is 3.75. The number of aromatic nitrogens is 2. The van der Waals surface area contributed by atoms with E-state index in [2.05, 4.69) is 35.9 Å². The van der Waals surface area contributed by atoms with Gasteiger partial charge >= 0.3 is 0 Å². The number of rotatable bonds is 7. The third-order valence-electron chi connectivity index (χ3n) is 5.95. The molecule has 0 spiro atoms. The van der Waals surface area contributed by atoms with Crippen molar-refractivity contribution >= 4 is 34.1 Å². The molecule has 1 N–H and O–H groups in total. The zero-order valence-electron chi connectivity index (χ0n) is 18.5. The van der Waals surface area contributed by atoms with Crippen molar-refractivity contribution in [1.82, 2.24) is 9.55 Å². The minimum Gasteiger partial charge on any atom is -0.396 e. The quantitative estimate of drug-likeness (QED) is 0.336. The summed E-state index contributed by atoms with van der Waals surface area (Å²) in [6.45, 7) is 4.59. The Labute approximate surface area is 191 Å². The first-order valence-electron chi connectivity index (χ1n) is 10.7. The SMILES string of the molecule is CN1C(=CC(=O)CSc2nc3ccccc3c(=O)n2CCCO)C(C)(C)c2ccccc21. The van der Waals surface area contributed by atoms with E-state index in [-0.39, 0.29) is 29.1 Å². The van der Waals surface area contributed by atoms with Gasteiger partial charge in [-0.1, -0.05) is 55.9 Å². The van der Waals surface area contributed by atoms with Crippen molar-refractivity contribution < 1.29 is 9.90 Å². The van der Waals surface area contributed by atoms with Crippen molar-refractivity contribution in [2.45, 2.75) is 37.4 Å². The van der Waals surface area contributed by atoms with Crippen LogP contribution >= 0.6 is 11.8 Å². The van der Waals surface area contributed by atoms with Gasteiger partial charge in [-0.25, -0.2) is 4.98 Å². The predicted molar refractivity (Wildman–Crippen MR) is 129 cm³/mol. The summed E-state index contributed by atoms with van der Waals surface area (Å²) in [4.78, 5) is 32.6. The highest BCUT2D eigenvalue weighted by Crippen LogP contribution is 2.46. The summed E-state index contributed by atoms with van der Waals surface area (Å²) in [5.74, 6) is 0.141. The number of likely N-dealkylation sites (N-methyl/N-ethyl adjacent to an activating group) is 1. The standard InChI is InChI=1S/C25H27N3O3S/c1-25(2)19-10-5-7-12-21(19)27(3)22(25)15-17(30)16-32-24-26-20-11-6-4-9-18(20)23(31)28(24)13-8-14-29/h4-7,9-12,15,29H,8,13-14,16H2,1-3H3. The second kappa shape index (κ2) is 8.92. The van der Waals surface area contributed by atoms with Crippen LogP contribution in [-0.2, 0) is 16.8 Å². The topological polar surface area (TPSA) is 75.4 Å². The van der Waals surface area contributed by atoms with Crippen molar-refractivity contribution in [1.29, 1.82) is 0 Å². The highest BCUT2D eigenvalue weighted by atomic mass is 32.2. The van der Waals surface area contributed by atoms with Gasteiger partial charge in [0.25, 0.3) is 5.56 Å². The Kier molecular flexibility index (Phi) is 6.22. The lowest BCUT2D eigenvalue weighted by Gasteiger charge is -2.24. The highest BCUT2D eigenvalue weighted by Gasteiger charge is 2.38. The second-order valence-electron chi connectivity index (χ2n) is 8.43. The number of fused-ring (bicyclic) bond motifs is 2. The van der Waals surface area contributed by atoms with Gasteiger partial charge in [-0.2, -0.15) is 0 Å². The average Bonchev–Trinajstić information content (AvgIpc) is 2.98. The van der Waals surface area contributed by atoms with E-state index >= 15 is 0 Å². The van der Waals surface area contributed by atoms with Crippen LogP contribution in [0.15, 0.2) is 70.3 Å². The van der Waals surface area contributed by atoms with Gasteiger partial charge < -0.3 is 10.0 Å². The lowest BCUT2D eigenvalue weighted by atomic mass is 9.83. The van der Waals surface area contributed by atoms with E-state index in [1.807, 2.05) is 31.3 Å². The van der Waals surface area contributed by atoms with Crippen LogP contribution in [0.25, 0.3) is 10.9 Å². The third kappa shape index (κ3) is 3.98. The molecule has 0 saturated carbocycles. The first kappa shape index (κ1) is 22.3. The smallest absolute Gasteiger partial charge is 0.262 e. The molecule has 6 nitrogen and oxygen atoms in total. The fourth-order valence-corrected chi connectivity index (χ4v) is 5.12. The number of ketones is 1. The molecular formula is C25H27N3O3S. The second-order valence-corrected chi connectivity index (χ2v) is 9.37. The van der Waals surface area contributed by atoms with Gasteiger partial charge in [0.1, 0.15) is 0 Å². The molecule has 0 atom stereocenters. The summed E-state index contributed by atoms with van der Waals surface area (Å²) in [5.41, 5.74) is 3.45. The maximum absolute atomic E-state index is 13.0. The largest absolute Gasteiger partial charge is 0.396 e. The molecule has 166 valence electrons. The van der Waals surface area contributed by atoms with Crippen LogP contribution in [0, 0.1) is 0 Å². The molecule has 7 heteroatoms. The Hall–Kier alpha value is -2.90. The van der Waals surface area contributed by atoms with E-state index in [0.29, 0.717) is 29.0 Å². The maximum Gasteiger partial charge on any atom is 0.262 e. The number of carbonyl (C=O) groups is 1. The van der Waals surface area contributed by atoms with Crippen LogP contribution in [0.4, 0.5) is 5.69 Å². The number of para-hydroxylation sites is 2. The minimum atomic E-state index is -0.268. The van der Waals surface area contributed by atoms with Crippen molar-refractivity contribution in [3.05, 3.63) is 76.2 Å². The molecule has 2 heterocycles. The summed E-state index contributed by atoms with van der Waals surface area (Å²) < 4.78 is 1.56. The number of thioether (sulfide) groups is 1. The first-order valence-corrected chi connectivity index (χ1v) is 11.6. The molecule has 1 aliphatic heterocycles. The lowest BCUT2D eigenvalue weighted by Crippen LogP contribution is -2.25. The molecule has 2 aromatic carbocycles. The molecule has 0 saturated heterocycles. The first-order chi connectivity index (χ1) is 15.3. The van der Waals surface area contributed by atoms with E-state index in [1.54, 1.807) is 22.8 Å². The summed E-state index contributed by atoms with van der Waals surface area (Å²) in [5, 5.41) is 10.3. The fourth-order valence-electron chi connectivity index (χ4n) is 4.27.